The molecule has 9 nitrogen and oxygen atoms in total. The van der Waals surface area contributed by atoms with Crippen molar-refractivity contribution in [2.45, 2.75) is 44.3 Å². The molecule has 156 valence electrons. The third-order valence-corrected chi connectivity index (χ3v) is 6.44. The van der Waals surface area contributed by atoms with Gasteiger partial charge in [0.05, 0.1) is 10.6 Å². The van der Waals surface area contributed by atoms with Gasteiger partial charge >= 0.3 is 6.03 Å². The van der Waals surface area contributed by atoms with Crippen molar-refractivity contribution >= 4 is 23.3 Å². The second-order valence-corrected chi connectivity index (χ2v) is 8.91. The summed E-state index contributed by atoms with van der Waals surface area (Å²) in [7, 11) is 1.80. The minimum atomic E-state index is -0.202. The highest BCUT2D eigenvalue weighted by Gasteiger charge is 2.58. The third-order valence-electron chi connectivity index (χ3n) is 6.12. The highest BCUT2D eigenvalue weighted by Crippen LogP contribution is 2.50. The highest BCUT2D eigenvalue weighted by molar-refractivity contribution is 6.33. The average molecular weight is 427 g/mol. The van der Waals surface area contributed by atoms with E-state index in [1.54, 1.807) is 42.8 Å². The number of urea groups is 1. The Hall–Kier alpha value is -2.94. The van der Waals surface area contributed by atoms with Crippen LogP contribution in [0, 0.1) is 5.92 Å². The van der Waals surface area contributed by atoms with Gasteiger partial charge in [0.1, 0.15) is 19.0 Å². The van der Waals surface area contributed by atoms with E-state index in [1.807, 2.05) is 15.5 Å². The van der Waals surface area contributed by atoms with Crippen LogP contribution in [0.25, 0.3) is 11.4 Å². The first-order valence-electron chi connectivity index (χ1n) is 10.0. The number of nitrogens with zero attached hydrogens (tertiary/aromatic N) is 7. The predicted molar refractivity (Wildman–Crippen MR) is 112 cm³/mol. The molecule has 1 aliphatic carbocycles. The number of benzene rings is 1. The number of carbonyl (C=O) groups excluding carboxylic acids is 1. The number of fused-ring (bicyclic) bond motifs is 2. The van der Waals surface area contributed by atoms with Gasteiger partial charge in [0.2, 0.25) is 0 Å². The monoisotopic (exact) mass is 426 g/mol. The zero-order valence-electron chi connectivity index (χ0n) is 16.9. The van der Waals surface area contributed by atoms with Crippen LogP contribution in [-0.4, -0.2) is 52.0 Å². The van der Waals surface area contributed by atoms with Crippen molar-refractivity contribution in [3.8, 4) is 11.4 Å². The Labute approximate surface area is 179 Å². The summed E-state index contributed by atoms with van der Waals surface area (Å²) in [5.41, 5.74) is 1.16. The summed E-state index contributed by atoms with van der Waals surface area (Å²) in [5, 5.41) is 15.7. The van der Waals surface area contributed by atoms with Crippen molar-refractivity contribution in [2.75, 3.05) is 5.32 Å². The Bertz CT molecular complexity index is 1080. The number of carbonyl (C=O) groups is 1. The predicted octanol–water partition coefficient (Wildman–Crippen LogP) is 3.20. The molecule has 2 aromatic heterocycles. The Morgan fingerprint density at radius 2 is 2.07 bits per heavy atom. The van der Waals surface area contributed by atoms with E-state index in [-0.39, 0.29) is 17.6 Å². The molecule has 10 heteroatoms. The lowest BCUT2D eigenvalue weighted by Gasteiger charge is -2.63. The molecule has 1 saturated carbocycles. The minimum absolute atomic E-state index is 0.0894. The number of aromatic nitrogens is 6. The van der Waals surface area contributed by atoms with Crippen molar-refractivity contribution in [1.82, 2.24) is 34.4 Å². The molecular formula is C20H23ClN8O. The molecule has 1 N–H and O–H groups in total. The molecule has 2 aliphatic heterocycles. The maximum atomic E-state index is 13.3. The molecule has 0 spiro atoms. The molecule has 30 heavy (non-hydrogen) atoms. The molecule has 3 aliphatic rings. The molecular weight excluding hydrogens is 404 g/mol. The normalized spacial score (nSPS) is 25.1. The van der Waals surface area contributed by atoms with Crippen LogP contribution < -0.4 is 5.32 Å². The SMILES string of the molecule is C[C@H]1C[C@@H]2C[C@](Cn3cnnc3)(C1)N2C(=O)Nc1ccc(Cl)c(-c2ncn(C)n2)c1. The van der Waals surface area contributed by atoms with Gasteiger partial charge in [-0.15, -0.1) is 10.2 Å². The molecule has 1 aromatic carbocycles. The van der Waals surface area contributed by atoms with Gasteiger partial charge in [0, 0.05) is 30.9 Å². The number of amides is 2. The first-order chi connectivity index (χ1) is 14.4. The van der Waals surface area contributed by atoms with Crippen LogP contribution in [0.15, 0.2) is 37.2 Å². The largest absolute Gasteiger partial charge is 0.322 e. The minimum Gasteiger partial charge on any atom is -0.318 e. The third kappa shape index (κ3) is 3.23. The number of nitrogens with one attached hydrogen (secondary N) is 1. The maximum absolute atomic E-state index is 13.3. The molecule has 4 heterocycles. The fourth-order valence-electron chi connectivity index (χ4n) is 5.12. The van der Waals surface area contributed by atoms with Crippen molar-refractivity contribution in [3.05, 3.63) is 42.2 Å². The van der Waals surface area contributed by atoms with Crippen LogP contribution >= 0.6 is 11.6 Å². The lowest BCUT2D eigenvalue weighted by molar-refractivity contribution is -0.0988. The van der Waals surface area contributed by atoms with E-state index in [0.717, 1.165) is 19.3 Å². The van der Waals surface area contributed by atoms with E-state index >= 15 is 0 Å². The van der Waals surface area contributed by atoms with Gasteiger partial charge in [-0.1, -0.05) is 18.5 Å². The van der Waals surface area contributed by atoms with Gasteiger partial charge in [-0.3, -0.25) is 4.68 Å². The van der Waals surface area contributed by atoms with E-state index in [4.69, 9.17) is 11.6 Å². The van der Waals surface area contributed by atoms with E-state index < -0.39 is 0 Å². The Morgan fingerprint density at radius 1 is 1.27 bits per heavy atom. The molecule has 2 bridgehead atoms. The van der Waals surface area contributed by atoms with Crippen LogP contribution in [0.1, 0.15) is 26.2 Å². The lowest BCUT2D eigenvalue weighted by Crippen LogP contribution is -2.73. The number of rotatable bonds is 4. The number of piperidine rings is 1. The second kappa shape index (κ2) is 7.09. The zero-order chi connectivity index (χ0) is 20.9. The van der Waals surface area contributed by atoms with Crippen molar-refractivity contribution in [3.63, 3.8) is 0 Å². The summed E-state index contributed by atoms with van der Waals surface area (Å²) >= 11 is 6.35. The fraction of sp³-hybridized carbons (Fsp3) is 0.450. The summed E-state index contributed by atoms with van der Waals surface area (Å²) in [6.07, 6.45) is 8.05. The summed E-state index contributed by atoms with van der Waals surface area (Å²) in [4.78, 5) is 19.6. The molecule has 3 atom stereocenters. The van der Waals surface area contributed by atoms with Crippen LogP contribution in [-0.2, 0) is 13.6 Å². The number of halogens is 1. The number of hydrogen-bond acceptors (Lipinski definition) is 5. The molecule has 3 fully saturated rings. The van der Waals surface area contributed by atoms with Crippen LogP contribution in [0.2, 0.25) is 5.02 Å². The summed E-state index contributed by atoms with van der Waals surface area (Å²) in [6.45, 7) is 2.96. The fourth-order valence-corrected chi connectivity index (χ4v) is 5.32. The maximum Gasteiger partial charge on any atom is 0.322 e. The average Bonchev–Trinajstić information content (AvgIpc) is 3.34. The second-order valence-electron chi connectivity index (χ2n) is 8.50. The molecule has 6 rings (SSSR count). The van der Waals surface area contributed by atoms with E-state index in [1.165, 1.54) is 0 Å². The van der Waals surface area contributed by atoms with Crippen molar-refractivity contribution in [1.29, 1.82) is 0 Å². The standard InChI is InChI=1S/C20H23ClN8O/c1-13-5-15-8-20(7-13,9-28-11-23-24-12-28)29(15)19(30)25-14-3-4-17(21)16(6-14)18-22-10-27(2)26-18/h3-4,6,10-13,15H,5,7-9H2,1-2H3,(H,25,30)/t13-,15+,20-/m0/s1. The van der Waals surface area contributed by atoms with E-state index in [2.05, 4.69) is 32.5 Å². The van der Waals surface area contributed by atoms with E-state index in [0.29, 0.717) is 34.6 Å². The summed E-state index contributed by atoms with van der Waals surface area (Å²) < 4.78 is 3.58. The van der Waals surface area contributed by atoms with Gasteiger partial charge in [-0.25, -0.2) is 9.78 Å². The number of anilines is 1. The van der Waals surface area contributed by atoms with E-state index in [9.17, 15) is 4.79 Å². The summed E-state index contributed by atoms with van der Waals surface area (Å²) in [5.74, 6) is 1.11. The number of hydrogen-bond donors (Lipinski definition) is 1. The molecule has 3 aromatic rings. The van der Waals surface area contributed by atoms with Gasteiger partial charge in [0.15, 0.2) is 5.82 Å². The van der Waals surface area contributed by atoms with Crippen LogP contribution in [0.3, 0.4) is 0 Å². The van der Waals surface area contributed by atoms with Gasteiger partial charge < -0.3 is 14.8 Å². The van der Waals surface area contributed by atoms with Crippen molar-refractivity contribution in [2.24, 2.45) is 13.0 Å². The van der Waals surface area contributed by atoms with Gasteiger partial charge in [-0.05, 0) is 43.4 Å². The Morgan fingerprint density at radius 3 is 2.80 bits per heavy atom. The molecule has 0 radical (unpaired) electrons. The topological polar surface area (TPSA) is 93.8 Å². The van der Waals surface area contributed by atoms with Gasteiger partial charge in [-0.2, -0.15) is 5.10 Å². The smallest absolute Gasteiger partial charge is 0.318 e. The summed E-state index contributed by atoms with van der Waals surface area (Å²) in [6, 6.07) is 5.55. The number of aryl methyl sites for hydroxylation is 1. The zero-order valence-corrected chi connectivity index (χ0v) is 17.6. The van der Waals surface area contributed by atoms with Gasteiger partial charge in [0.25, 0.3) is 0 Å². The van der Waals surface area contributed by atoms with Crippen LogP contribution in [0.5, 0.6) is 0 Å². The Kier molecular flexibility index (Phi) is 4.50. The first-order valence-corrected chi connectivity index (χ1v) is 10.4. The highest BCUT2D eigenvalue weighted by atomic mass is 35.5. The molecule has 2 amide bonds. The lowest BCUT2D eigenvalue weighted by atomic mass is 9.64. The quantitative estimate of drug-likeness (QED) is 0.691. The first kappa shape index (κ1) is 19.0. The van der Waals surface area contributed by atoms with Crippen LogP contribution in [0.4, 0.5) is 10.5 Å². The Balaban J connectivity index is 1.38. The molecule has 2 saturated heterocycles. The molecule has 0 unspecified atom stereocenters. The van der Waals surface area contributed by atoms with Crippen molar-refractivity contribution < 1.29 is 4.79 Å².